The Morgan fingerprint density at radius 2 is 2.24 bits per heavy atom. The van der Waals surface area contributed by atoms with Crippen molar-refractivity contribution in [1.29, 1.82) is 0 Å². The Morgan fingerprint density at radius 3 is 2.86 bits per heavy atom. The maximum Gasteiger partial charge on any atom is 0.221 e. The van der Waals surface area contributed by atoms with Crippen LogP contribution in [0.2, 0.25) is 5.02 Å². The molecule has 0 spiro atoms. The predicted molar refractivity (Wildman–Crippen MR) is 93.0 cm³/mol. The van der Waals surface area contributed by atoms with Crippen LogP contribution in [0, 0.1) is 0 Å². The molecule has 4 nitrogen and oxygen atoms in total. The molecule has 0 aromatic heterocycles. The average Bonchev–Trinajstić information content (AvgIpc) is 2.76. The van der Waals surface area contributed by atoms with E-state index in [4.69, 9.17) is 17.3 Å². The molecular formula is C14H22Cl3N3O. The number of nitrogens with one attached hydrogen (secondary N) is 1. The lowest BCUT2D eigenvalue weighted by atomic mass is 10.2. The Labute approximate surface area is 143 Å². The van der Waals surface area contributed by atoms with Crippen LogP contribution in [0.15, 0.2) is 24.3 Å². The van der Waals surface area contributed by atoms with Gasteiger partial charge in [-0.1, -0.05) is 17.7 Å². The number of carbonyl (C=O) groups is 1. The van der Waals surface area contributed by atoms with E-state index in [2.05, 4.69) is 10.2 Å². The monoisotopic (exact) mass is 353 g/mol. The Balaban J connectivity index is 0.00000200. The molecule has 1 heterocycles. The minimum Gasteiger partial charge on any atom is -0.369 e. The quantitative estimate of drug-likeness (QED) is 0.874. The number of anilines is 1. The topological polar surface area (TPSA) is 58.4 Å². The molecule has 21 heavy (non-hydrogen) atoms. The largest absolute Gasteiger partial charge is 0.369 e. The van der Waals surface area contributed by atoms with Crippen LogP contribution in [0.4, 0.5) is 5.69 Å². The summed E-state index contributed by atoms with van der Waals surface area (Å²) in [6, 6.07) is 7.91. The van der Waals surface area contributed by atoms with Gasteiger partial charge in [0, 0.05) is 42.3 Å². The van der Waals surface area contributed by atoms with E-state index in [9.17, 15) is 4.79 Å². The second-order valence-corrected chi connectivity index (χ2v) is 5.60. The molecule has 0 aliphatic carbocycles. The molecule has 2 atom stereocenters. The van der Waals surface area contributed by atoms with E-state index in [1.54, 1.807) is 0 Å². The molecule has 3 N–H and O–H groups in total. The summed E-state index contributed by atoms with van der Waals surface area (Å²) >= 11 is 5.99. The number of nitrogens with zero attached hydrogens (tertiary/aromatic N) is 1. The van der Waals surface area contributed by atoms with Crippen molar-refractivity contribution in [2.75, 3.05) is 18.0 Å². The normalized spacial score (nSPS) is 18.4. The van der Waals surface area contributed by atoms with Crippen LogP contribution in [0.1, 0.15) is 19.8 Å². The van der Waals surface area contributed by atoms with Crippen LogP contribution in [0.25, 0.3) is 0 Å². The molecular weight excluding hydrogens is 333 g/mol. The van der Waals surface area contributed by atoms with Crippen LogP contribution in [0.3, 0.4) is 0 Å². The third-order valence-corrected chi connectivity index (χ3v) is 3.47. The highest BCUT2D eigenvalue weighted by atomic mass is 35.5. The summed E-state index contributed by atoms with van der Waals surface area (Å²) in [4.78, 5) is 13.9. The maximum absolute atomic E-state index is 11.7. The molecule has 1 aromatic rings. The van der Waals surface area contributed by atoms with Crippen LogP contribution >= 0.6 is 36.4 Å². The summed E-state index contributed by atoms with van der Waals surface area (Å²) in [5, 5.41) is 3.77. The first-order chi connectivity index (χ1) is 9.04. The van der Waals surface area contributed by atoms with E-state index in [0.717, 1.165) is 30.2 Å². The van der Waals surface area contributed by atoms with Gasteiger partial charge in [-0.25, -0.2) is 0 Å². The summed E-state index contributed by atoms with van der Waals surface area (Å²) in [6.07, 6.45) is 1.34. The maximum atomic E-state index is 11.7. The summed E-state index contributed by atoms with van der Waals surface area (Å²) < 4.78 is 0. The van der Waals surface area contributed by atoms with Crippen molar-refractivity contribution >= 4 is 48.0 Å². The van der Waals surface area contributed by atoms with Crippen molar-refractivity contribution in [2.45, 2.75) is 31.8 Å². The minimum absolute atomic E-state index is 0. The van der Waals surface area contributed by atoms with E-state index < -0.39 is 0 Å². The molecule has 1 saturated heterocycles. The number of nitrogens with two attached hydrogens (primary N) is 1. The van der Waals surface area contributed by atoms with Crippen molar-refractivity contribution in [3.05, 3.63) is 29.3 Å². The van der Waals surface area contributed by atoms with Crippen molar-refractivity contribution in [2.24, 2.45) is 5.73 Å². The molecule has 1 amide bonds. The minimum atomic E-state index is -0.0922. The molecule has 2 rings (SSSR count). The lowest BCUT2D eigenvalue weighted by Crippen LogP contribution is -2.39. The highest BCUT2D eigenvalue weighted by molar-refractivity contribution is 6.30. The molecule has 7 heteroatoms. The van der Waals surface area contributed by atoms with E-state index >= 15 is 0 Å². The SMILES string of the molecule is CC(N)CC(=O)NC1CCN(c2cccc(Cl)c2)C1.Cl.Cl. The van der Waals surface area contributed by atoms with Gasteiger partial charge >= 0.3 is 0 Å². The summed E-state index contributed by atoms with van der Waals surface area (Å²) in [7, 11) is 0. The van der Waals surface area contributed by atoms with Crippen LogP contribution in [-0.2, 0) is 4.79 Å². The van der Waals surface area contributed by atoms with Gasteiger partial charge in [0.15, 0.2) is 0 Å². The second kappa shape index (κ2) is 9.36. The zero-order valence-electron chi connectivity index (χ0n) is 11.9. The Kier molecular flexibility index (Phi) is 9.06. The van der Waals surface area contributed by atoms with E-state index in [1.165, 1.54) is 0 Å². The lowest BCUT2D eigenvalue weighted by Gasteiger charge is -2.19. The predicted octanol–water partition coefficient (Wildman–Crippen LogP) is 2.62. The van der Waals surface area contributed by atoms with Gasteiger partial charge in [-0.2, -0.15) is 0 Å². The fraction of sp³-hybridized carbons (Fsp3) is 0.500. The number of hydrogen-bond acceptors (Lipinski definition) is 3. The number of amides is 1. The molecule has 2 unspecified atom stereocenters. The van der Waals surface area contributed by atoms with Crippen LogP contribution in [-0.4, -0.2) is 31.1 Å². The first kappa shape index (κ1) is 20.3. The standard InChI is InChI=1S/C14H20ClN3O.2ClH/c1-10(16)7-14(19)17-12-5-6-18(9-12)13-4-2-3-11(15)8-13;;/h2-4,8,10,12H,5-7,9,16H2,1H3,(H,17,19);2*1H. The van der Waals surface area contributed by atoms with Gasteiger partial charge in [-0.3, -0.25) is 4.79 Å². The Morgan fingerprint density at radius 1 is 1.52 bits per heavy atom. The molecule has 0 bridgehead atoms. The molecule has 120 valence electrons. The fourth-order valence-electron chi connectivity index (χ4n) is 2.36. The van der Waals surface area contributed by atoms with Crippen molar-refractivity contribution in [1.82, 2.24) is 5.32 Å². The van der Waals surface area contributed by atoms with Gasteiger partial charge < -0.3 is 16.0 Å². The molecule has 1 aliphatic heterocycles. The van der Waals surface area contributed by atoms with E-state index in [1.807, 2.05) is 31.2 Å². The zero-order valence-corrected chi connectivity index (χ0v) is 14.3. The van der Waals surface area contributed by atoms with Gasteiger partial charge in [-0.15, -0.1) is 24.8 Å². The van der Waals surface area contributed by atoms with Crippen LogP contribution < -0.4 is 16.0 Å². The fourth-order valence-corrected chi connectivity index (χ4v) is 2.55. The summed E-state index contributed by atoms with van der Waals surface area (Å²) in [5.74, 6) is 0.0351. The van der Waals surface area contributed by atoms with Gasteiger partial charge in [-0.05, 0) is 31.5 Å². The number of benzene rings is 1. The number of rotatable bonds is 4. The molecule has 0 saturated carbocycles. The lowest BCUT2D eigenvalue weighted by molar-refractivity contribution is -0.121. The molecule has 1 aliphatic rings. The van der Waals surface area contributed by atoms with E-state index in [-0.39, 0.29) is 42.8 Å². The number of halogens is 3. The Hall–Kier alpha value is -0.680. The van der Waals surface area contributed by atoms with Gasteiger partial charge in [0.05, 0.1) is 0 Å². The van der Waals surface area contributed by atoms with Crippen molar-refractivity contribution in [3.8, 4) is 0 Å². The second-order valence-electron chi connectivity index (χ2n) is 5.16. The van der Waals surface area contributed by atoms with Crippen molar-refractivity contribution < 1.29 is 4.79 Å². The number of carbonyl (C=O) groups excluding carboxylic acids is 1. The highest BCUT2D eigenvalue weighted by Crippen LogP contribution is 2.23. The van der Waals surface area contributed by atoms with Gasteiger partial charge in [0.1, 0.15) is 0 Å². The number of hydrogen-bond donors (Lipinski definition) is 2. The van der Waals surface area contributed by atoms with Crippen LogP contribution in [0.5, 0.6) is 0 Å². The first-order valence-corrected chi connectivity index (χ1v) is 6.98. The highest BCUT2D eigenvalue weighted by Gasteiger charge is 2.24. The van der Waals surface area contributed by atoms with Gasteiger partial charge in [0.25, 0.3) is 0 Å². The molecule has 0 radical (unpaired) electrons. The average molecular weight is 355 g/mol. The summed E-state index contributed by atoms with van der Waals surface area (Å²) in [6.45, 7) is 3.60. The Bertz CT molecular complexity index is 457. The van der Waals surface area contributed by atoms with Gasteiger partial charge in [0.2, 0.25) is 5.91 Å². The molecule has 1 fully saturated rings. The zero-order chi connectivity index (χ0) is 13.8. The smallest absolute Gasteiger partial charge is 0.221 e. The van der Waals surface area contributed by atoms with Crippen molar-refractivity contribution in [3.63, 3.8) is 0 Å². The summed E-state index contributed by atoms with van der Waals surface area (Å²) in [5.41, 5.74) is 6.72. The van der Waals surface area contributed by atoms with E-state index in [0.29, 0.717) is 6.42 Å². The third-order valence-electron chi connectivity index (χ3n) is 3.23. The first-order valence-electron chi connectivity index (χ1n) is 6.60. The third kappa shape index (κ3) is 6.30. The molecule has 1 aromatic carbocycles.